The Morgan fingerprint density at radius 3 is 2.68 bits per heavy atom. The molecule has 0 bridgehead atoms. The third-order valence-corrected chi connectivity index (χ3v) is 6.44. The number of sulfonamides is 1. The van der Waals surface area contributed by atoms with Gasteiger partial charge in [0.1, 0.15) is 5.52 Å². The fraction of sp³-hybridized carbons (Fsp3) is 0.318. The van der Waals surface area contributed by atoms with Gasteiger partial charge in [-0.15, -0.1) is 0 Å². The molecule has 5 rings (SSSR count). The molecule has 0 spiro atoms. The number of benzene rings is 1. The molecule has 8 nitrogen and oxygen atoms in total. The first-order valence-electron chi connectivity index (χ1n) is 9.99. The van der Waals surface area contributed by atoms with E-state index in [0.717, 1.165) is 40.2 Å². The highest BCUT2D eigenvalue weighted by Gasteiger charge is 2.34. The Labute approximate surface area is 179 Å². The summed E-state index contributed by atoms with van der Waals surface area (Å²) < 4.78 is 36.1. The second kappa shape index (κ2) is 6.73. The van der Waals surface area contributed by atoms with Gasteiger partial charge in [-0.3, -0.25) is 9.52 Å². The molecule has 0 unspecified atom stereocenters. The predicted molar refractivity (Wildman–Crippen MR) is 122 cm³/mol. The van der Waals surface area contributed by atoms with Crippen molar-refractivity contribution in [3.8, 4) is 11.1 Å². The quantitative estimate of drug-likeness (QED) is 0.499. The lowest BCUT2D eigenvalue weighted by atomic mass is 9.88. The molecule has 1 aliphatic heterocycles. The minimum absolute atomic E-state index is 0.0547. The monoisotopic (exact) mass is 440 g/mol. The molecule has 0 saturated carbocycles. The van der Waals surface area contributed by atoms with Gasteiger partial charge in [0, 0.05) is 53.9 Å². The smallest absolute Gasteiger partial charge is 0.272 e. The summed E-state index contributed by atoms with van der Waals surface area (Å²) in [5, 5.41) is 1.64. The van der Waals surface area contributed by atoms with E-state index in [9.17, 15) is 13.2 Å². The van der Waals surface area contributed by atoms with E-state index < -0.39 is 10.0 Å². The summed E-state index contributed by atoms with van der Waals surface area (Å²) in [6.45, 7) is 4.35. The topological polar surface area (TPSA) is 98.1 Å². The number of H-pyrrole nitrogens is 1. The molecule has 0 amide bonds. The molecule has 1 aliphatic rings. The van der Waals surface area contributed by atoms with Crippen LogP contribution in [0.4, 0.5) is 5.69 Å². The van der Waals surface area contributed by atoms with Gasteiger partial charge < -0.3 is 18.9 Å². The van der Waals surface area contributed by atoms with Crippen LogP contribution in [0.3, 0.4) is 0 Å². The molecule has 31 heavy (non-hydrogen) atoms. The van der Waals surface area contributed by atoms with E-state index in [-0.39, 0.29) is 11.0 Å². The summed E-state index contributed by atoms with van der Waals surface area (Å²) in [5.41, 5.74) is 3.62. The van der Waals surface area contributed by atoms with Crippen molar-refractivity contribution in [2.24, 2.45) is 12.5 Å². The van der Waals surface area contributed by atoms with Crippen LogP contribution in [0, 0.1) is 5.41 Å². The second-order valence-corrected chi connectivity index (χ2v) is 10.5. The molecule has 0 atom stereocenters. The highest BCUT2D eigenvalue weighted by molar-refractivity contribution is 7.92. The standard InChI is InChI=1S/C22H24N4O4S/c1-22(12-30-13-22)11-26-7-5-16-18(24-31(3,28)29)8-14(9-19(16)26)17-10-25(2)20-15(17)4-6-23-21(20)27/h4-10,24H,11-13H2,1-3H3,(H,23,27). The zero-order valence-corrected chi connectivity index (χ0v) is 18.4. The van der Waals surface area contributed by atoms with Gasteiger partial charge in [0.25, 0.3) is 5.56 Å². The van der Waals surface area contributed by atoms with Crippen LogP contribution in [-0.4, -0.2) is 42.0 Å². The number of nitrogens with zero attached hydrogens (tertiary/aromatic N) is 2. The predicted octanol–water partition coefficient (Wildman–Crippen LogP) is 2.90. The number of anilines is 1. The van der Waals surface area contributed by atoms with E-state index in [1.165, 1.54) is 0 Å². The maximum Gasteiger partial charge on any atom is 0.272 e. The normalized spacial score (nSPS) is 16.0. The molecule has 162 valence electrons. The van der Waals surface area contributed by atoms with Gasteiger partial charge in [-0.2, -0.15) is 0 Å². The zero-order valence-electron chi connectivity index (χ0n) is 17.6. The molecule has 2 N–H and O–H groups in total. The molecule has 1 fully saturated rings. The molecule has 9 heteroatoms. The van der Waals surface area contributed by atoms with Gasteiger partial charge in [-0.25, -0.2) is 8.42 Å². The summed E-state index contributed by atoms with van der Waals surface area (Å²) in [4.78, 5) is 15.0. The number of nitrogens with one attached hydrogen (secondary N) is 2. The van der Waals surface area contributed by atoms with E-state index in [1.54, 1.807) is 10.8 Å². The molecule has 1 saturated heterocycles. The van der Waals surface area contributed by atoms with Crippen LogP contribution in [0.2, 0.25) is 0 Å². The Morgan fingerprint density at radius 1 is 1.23 bits per heavy atom. The van der Waals surface area contributed by atoms with E-state index in [1.807, 2.05) is 37.6 Å². The van der Waals surface area contributed by atoms with Crippen LogP contribution >= 0.6 is 0 Å². The maximum atomic E-state index is 12.3. The minimum atomic E-state index is -3.47. The largest absolute Gasteiger partial charge is 0.380 e. The number of fused-ring (bicyclic) bond motifs is 2. The number of pyridine rings is 1. The number of hydrogen-bond acceptors (Lipinski definition) is 4. The van der Waals surface area contributed by atoms with Crippen LogP contribution in [0.5, 0.6) is 0 Å². The lowest BCUT2D eigenvalue weighted by Gasteiger charge is -2.38. The van der Waals surface area contributed by atoms with E-state index in [2.05, 4.69) is 27.3 Å². The van der Waals surface area contributed by atoms with Crippen molar-refractivity contribution in [1.29, 1.82) is 0 Å². The SMILES string of the molecule is Cn1cc(-c2cc(NS(C)(=O)=O)c3ccn(CC4(C)COC4)c3c2)c2cc[nH]c(=O)c21. The molecule has 1 aromatic carbocycles. The van der Waals surface area contributed by atoms with Crippen molar-refractivity contribution in [2.75, 3.05) is 24.2 Å². The van der Waals surface area contributed by atoms with E-state index in [0.29, 0.717) is 24.4 Å². The Balaban J connectivity index is 1.75. The van der Waals surface area contributed by atoms with Crippen LogP contribution in [0.1, 0.15) is 6.92 Å². The van der Waals surface area contributed by atoms with Gasteiger partial charge in [0.15, 0.2) is 0 Å². The Hall–Kier alpha value is -3.04. The minimum Gasteiger partial charge on any atom is -0.380 e. The van der Waals surface area contributed by atoms with E-state index in [4.69, 9.17) is 4.74 Å². The highest BCUT2D eigenvalue weighted by atomic mass is 32.2. The van der Waals surface area contributed by atoms with Gasteiger partial charge in [-0.05, 0) is 29.8 Å². The summed E-state index contributed by atoms with van der Waals surface area (Å²) in [6.07, 6.45) is 6.66. The number of aromatic nitrogens is 3. The molecule has 4 heterocycles. The molecular formula is C22H24N4O4S. The average Bonchev–Trinajstić information content (AvgIpc) is 3.21. The third-order valence-electron chi connectivity index (χ3n) is 5.85. The molecule has 0 radical (unpaired) electrons. The summed E-state index contributed by atoms with van der Waals surface area (Å²) in [5.74, 6) is 0. The fourth-order valence-electron chi connectivity index (χ4n) is 4.42. The van der Waals surface area contributed by atoms with Crippen LogP contribution in [-0.2, 0) is 28.4 Å². The first-order chi connectivity index (χ1) is 14.6. The highest BCUT2D eigenvalue weighted by Crippen LogP contribution is 2.37. The average molecular weight is 441 g/mol. The van der Waals surface area contributed by atoms with Crippen molar-refractivity contribution < 1.29 is 13.2 Å². The van der Waals surface area contributed by atoms with Gasteiger partial charge in [-0.1, -0.05) is 6.92 Å². The van der Waals surface area contributed by atoms with Crippen molar-refractivity contribution in [1.82, 2.24) is 14.1 Å². The van der Waals surface area contributed by atoms with Gasteiger partial charge >= 0.3 is 0 Å². The Morgan fingerprint density at radius 2 is 2.00 bits per heavy atom. The summed E-state index contributed by atoms with van der Waals surface area (Å²) >= 11 is 0. The summed E-state index contributed by atoms with van der Waals surface area (Å²) in [7, 11) is -1.64. The van der Waals surface area contributed by atoms with Crippen molar-refractivity contribution in [2.45, 2.75) is 13.5 Å². The fourth-order valence-corrected chi connectivity index (χ4v) is 4.99. The maximum absolute atomic E-state index is 12.3. The van der Waals surface area contributed by atoms with Crippen molar-refractivity contribution in [3.05, 3.63) is 53.2 Å². The first-order valence-corrected chi connectivity index (χ1v) is 11.9. The van der Waals surface area contributed by atoms with Crippen LogP contribution in [0.25, 0.3) is 32.9 Å². The van der Waals surface area contributed by atoms with Crippen LogP contribution in [0.15, 0.2) is 47.7 Å². The Bertz CT molecular complexity index is 1490. The molecule has 0 aliphatic carbocycles. The lowest BCUT2D eigenvalue weighted by molar-refractivity contribution is -0.109. The van der Waals surface area contributed by atoms with Crippen molar-refractivity contribution in [3.63, 3.8) is 0 Å². The number of rotatable bonds is 5. The second-order valence-electron chi connectivity index (χ2n) is 8.80. The molecular weight excluding hydrogens is 416 g/mol. The zero-order chi connectivity index (χ0) is 22.0. The molecule has 3 aromatic heterocycles. The van der Waals surface area contributed by atoms with Crippen molar-refractivity contribution >= 4 is 37.5 Å². The summed E-state index contributed by atoms with van der Waals surface area (Å²) in [6, 6.07) is 7.69. The van der Waals surface area contributed by atoms with Crippen LogP contribution < -0.4 is 10.3 Å². The first kappa shape index (κ1) is 19.9. The number of hydrogen-bond donors (Lipinski definition) is 2. The third kappa shape index (κ3) is 3.43. The van der Waals surface area contributed by atoms with Gasteiger partial charge in [0.05, 0.1) is 30.7 Å². The number of aryl methyl sites for hydroxylation is 1. The Kier molecular flexibility index (Phi) is 4.32. The van der Waals surface area contributed by atoms with E-state index >= 15 is 0 Å². The van der Waals surface area contributed by atoms with Gasteiger partial charge in [0.2, 0.25) is 10.0 Å². The number of aromatic amines is 1. The molecule has 4 aromatic rings. The number of ether oxygens (including phenoxy) is 1. The lowest BCUT2D eigenvalue weighted by Crippen LogP contribution is -2.42.